The minimum absolute atomic E-state index is 0.00924. The number of ether oxygens (including phenoxy) is 1. The number of ketones is 1. The SMILES string of the molecule is COC(=O)[C@H]1CCC[C@@H]1C(=O)c1ccc(-c2ccc(NC=O)cc2)cc1. The van der Waals surface area contributed by atoms with Crippen molar-refractivity contribution in [1.82, 2.24) is 0 Å². The molecule has 0 spiro atoms. The van der Waals surface area contributed by atoms with Crippen molar-refractivity contribution in [2.45, 2.75) is 19.3 Å². The van der Waals surface area contributed by atoms with Crippen molar-refractivity contribution in [2.24, 2.45) is 11.8 Å². The van der Waals surface area contributed by atoms with E-state index in [1.54, 1.807) is 0 Å². The fourth-order valence-electron chi connectivity index (χ4n) is 3.58. The highest BCUT2D eigenvalue weighted by Crippen LogP contribution is 2.35. The molecular weight excluding hydrogens is 330 g/mol. The quantitative estimate of drug-likeness (QED) is 0.489. The Morgan fingerprint density at radius 2 is 1.54 bits per heavy atom. The second-order valence-electron chi connectivity index (χ2n) is 6.45. The van der Waals surface area contributed by atoms with Crippen LogP contribution >= 0.6 is 0 Å². The Morgan fingerprint density at radius 1 is 0.962 bits per heavy atom. The molecule has 1 aliphatic carbocycles. The van der Waals surface area contributed by atoms with Gasteiger partial charge in [-0.05, 0) is 36.1 Å². The summed E-state index contributed by atoms with van der Waals surface area (Å²) >= 11 is 0. The van der Waals surface area contributed by atoms with Crippen molar-refractivity contribution < 1.29 is 19.1 Å². The molecule has 0 unspecified atom stereocenters. The Labute approximate surface area is 152 Å². The van der Waals surface area contributed by atoms with E-state index in [9.17, 15) is 14.4 Å². The zero-order valence-electron chi connectivity index (χ0n) is 14.6. The second-order valence-corrected chi connectivity index (χ2v) is 6.45. The van der Waals surface area contributed by atoms with Gasteiger partial charge in [-0.2, -0.15) is 0 Å². The topological polar surface area (TPSA) is 72.5 Å². The van der Waals surface area contributed by atoms with Crippen LogP contribution in [0, 0.1) is 11.8 Å². The van der Waals surface area contributed by atoms with Crippen LogP contribution < -0.4 is 5.32 Å². The summed E-state index contributed by atoms with van der Waals surface area (Å²) in [7, 11) is 1.37. The highest BCUT2D eigenvalue weighted by atomic mass is 16.5. The van der Waals surface area contributed by atoms with Crippen LogP contribution in [0.4, 0.5) is 5.69 Å². The van der Waals surface area contributed by atoms with Crippen molar-refractivity contribution in [1.29, 1.82) is 0 Å². The molecule has 1 aliphatic rings. The first-order valence-electron chi connectivity index (χ1n) is 8.66. The zero-order chi connectivity index (χ0) is 18.5. The number of hydrogen-bond acceptors (Lipinski definition) is 4. The fraction of sp³-hybridized carbons (Fsp3) is 0.286. The number of amides is 1. The van der Waals surface area contributed by atoms with Crippen LogP contribution in [0.5, 0.6) is 0 Å². The van der Waals surface area contributed by atoms with Crippen molar-refractivity contribution >= 4 is 23.9 Å². The average Bonchev–Trinajstić information content (AvgIpc) is 3.18. The number of benzene rings is 2. The van der Waals surface area contributed by atoms with Crippen LogP contribution in [-0.2, 0) is 14.3 Å². The number of carbonyl (C=O) groups excluding carboxylic acids is 3. The molecule has 0 bridgehead atoms. The number of esters is 1. The van der Waals surface area contributed by atoms with E-state index in [2.05, 4.69) is 5.32 Å². The number of nitrogens with one attached hydrogen (secondary N) is 1. The van der Waals surface area contributed by atoms with E-state index in [1.165, 1.54) is 7.11 Å². The Kier molecular flexibility index (Phi) is 5.46. The van der Waals surface area contributed by atoms with Gasteiger partial charge in [-0.15, -0.1) is 0 Å². The molecular formula is C21H21NO4. The van der Waals surface area contributed by atoms with Crippen LogP contribution in [0.25, 0.3) is 11.1 Å². The lowest BCUT2D eigenvalue weighted by atomic mass is 9.88. The number of carbonyl (C=O) groups is 3. The first-order chi connectivity index (χ1) is 12.6. The number of methoxy groups -OCH3 is 1. The van der Waals surface area contributed by atoms with Gasteiger partial charge in [0.2, 0.25) is 6.41 Å². The van der Waals surface area contributed by atoms with E-state index in [0.717, 1.165) is 29.7 Å². The molecule has 1 amide bonds. The molecule has 0 heterocycles. The summed E-state index contributed by atoms with van der Waals surface area (Å²) < 4.78 is 4.84. The molecule has 2 aromatic rings. The van der Waals surface area contributed by atoms with E-state index in [0.29, 0.717) is 18.4 Å². The van der Waals surface area contributed by atoms with E-state index < -0.39 is 0 Å². The van der Waals surface area contributed by atoms with Gasteiger partial charge in [0.25, 0.3) is 0 Å². The molecule has 5 nitrogen and oxygen atoms in total. The first kappa shape index (κ1) is 17.9. The largest absolute Gasteiger partial charge is 0.469 e. The molecule has 0 saturated heterocycles. The summed E-state index contributed by atoms with van der Waals surface area (Å²) in [5.74, 6) is -0.900. The van der Waals surface area contributed by atoms with E-state index >= 15 is 0 Å². The van der Waals surface area contributed by atoms with Gasteiger partial charge in [0.1, 0.15) is 0 Å². The third-order valence-electron chi connectivity index (χ3n) is 4.97. The smallest absolute Gasteiger partial charge is 0.309 e. The zero-order valence-corrected chi connectivity index (χ0v) is 14.6. The Balaban J connectivity index is 1.75. The van der Waals surface area contributed by atoms with E-state index in [1.807, 2.05) is 48.5 Å². The predicted molar refractivity (Wildman–Crippen MR) is 98.7 cm³/mol. The number of anilines is 1. The summed E-state index contributed by atoms with van der Waals surface area (Å²) in [5.41, 5.74) is 3.32. The molecule has 1 fully saturated rings. The van der Waals surface area contributed by atoms with Crippen LogP contribution in [0.1, 0.15) is 29.6 Å². The van der Waals surface area contributed by atoms with Gasteiger partial charge in [0, 0.05) is 17.2 Å². The minimum atomic E-state index is -0.329. The number of rotatable bonds is 6. The lowest BCUT2D eigenvalue weighted by Gasteiger charge is -2.16. The molecule has 1 N–H and O–H groups in total. The van der Waals surface area contributed by atoms with Gasteiger partial charge in [-0.25, -0.2) is 0 Å². The summed E-state index contributed by atoms with van der Waals surface area (Å²) in [6, 6.07) is 14.9. The fourth-order valence-corrected chi connectivity index (χ4v) is 3.58. The molecule has 1 saturated carbocycles. The molecule has 2 atom stereocenters. The third-order valence-corrected chi connectivity index (χ3v) is 4.97. The molecule has 0 aromatic heterocycles. The molecule has 134 valence electrons. The molecule has 26 heavy (non-hydrogen) atoms. The molecule has 5 heteroatoms. The van der Waals surface area contributed by atoms with Gasteiger partial charge in [-0.3, -0.25) is 14.4 Å². The minimum Gasteiger partial charge on any atom is -0.469 e. The van der Waals surface area contributed by atoms with Gasteiger partial charge in [-0.1, -0.05) is 42.8 Å². The summed E-state index contributed by atoms with van der Waals surface area (Å²) in [4.78, 5) is 35.1. The molecule has 0 radical (unpaired) electrons. The van der Waals surface area contributed by atoms with Gasteiger partial charge >= 0.3 is 5.97 Å². The summed E-state index contributed by atoms with van der Waals surface area (Å²) in [5, 5.41) is 2.60. The van der Waals surface area contributed by atoms with Gasteiger partial charge in [0.15, 0.2) is 5.78 Å². The molecule has 3 rings (SSSR count). The maximum atomic E-state index is 12.8. The van der Waals surface area contributed by atoms with Crippen molar-refractivity contribution in [3.8, 4) is 11.1 Å². The van der Waals surface area contributed by atoms with Crippen LogP contribution in [0.2, 0.25) is 0 Å². The lowest BCUT2D eigenvalue weighted by Crippen LogP contribution is -2.26. The average molecular weight is 351 g/mol. The highest BCUT2D eigenvalue weighted by molar-refractivity contribution is 6.00. The highest BCUT2D eigenvalue weighted by Gasteiger charge is 2.38. The number of hydrogen-bond donors (Lipinski definition) is 1. The van der Waals surface area contributed by atoms with Gasteiger partial charge < -0.3 is 10.1 Å². The maximum absolute atomic E-state index is 12.8. The van der Waals surface area contributed by atoms with E-state index in [-0.39, 0.29) is 23.6 Å². The second kappa shape index (κ2) is 7.95. The Bertz CT molecular complexity index is 796. The number of Topliss-reactive ketones (excluding diaryl/α,β-unsaturated/α-hetero) is 1. The van der Waals surface area contributed by atoms with Crippen LogP contribution in [-0.4, -0.2) is 25.3 Å². The Morgan fingerprint density at radius 3 is 2.12 bits per heavy atom. The first-order valence-corrected chi connectivity index (χ1v) is 8.66. The summed E-state index contributed by atoms with van der Waals surface area (Å²) in [6.45, 7) is 0. The normalized spacial score (nSPS) is 19.0. The van der Waals surface area contributed by atoms with Crippen LogP contribution in [0.3, 0.4) is 0 Å². The lowest BCUT2D eigenvalue weighted by molar-refractivity contribution is -0.146. The monoisotopic (exact) mass is 351 g/mol. The molecule has 2 aromatic carbocycles. The summed E-state index contributed by atoms with van der Waals surface area (Å²) in [6.07, 6.45) is 2.95. The van der Waals surface area contributed by atoms with Crippen molar-refractivity contribution in [2.75, 3.05) is 12.4 Å². The van der Waals surface area contributed by atoms with Gasteiger partial charge in [0.05, 0.1) is 13.0 Å². The standard InChI is InChI=1S/C21H21NO4/c1-26-21(25)19-4-2-3-18(19)20(24)16-7-5-14(6-8-16)15-9-11-17(12-10-15)22-13-23/h5-13,18-19H,2-4H2,1H3,(H,22,23)/t18-,19-/m0/s1. The predicted octanol–water partition coefficient (Wildman–Crippen LogP) is 3.69. The van der Waals surface area contributed by atoms with Crippen LogP contribution in [0.15, 0.2) is 48.5 Å². The molecule has 0 aliphatic heterocycles. The third kappa shape index (κ3) is 3.67. The maximum Gasteiger partial charge on any atom is 0.309 e. The Hall–Kier alpha value is -2.95. The van der Waals surface area contributed by atoms with Crippen molar-refractivity contribution in [3.63, 3.8) is 0 Å². The van der Waals surface area contributed by atoms with Crippen molar-refractivity contribution in [3.05, 3.63) is 54.1 Å². The van der Waals surface area contributed by atoms with E-state index in [4.69, 9.17) is 4.74 Å².